The molecule has 1 saturated carbocycles. The first-order valence-electron chi connectivity index (χ1n) is 4.48. The van der Waals surface area contributed by atoms with Crippen LogP contribution in [0.25, 0.3) is 0 Å². The van der Waals surface area contributed by atoms with Crippen molar-refractivity contribution in [1.29, 1.82) is 0 Å². The molecule has 0 saturated heterocycles. The van der Waals surface area contributed by atoms with Crippen LogP contribution in [-0.2, 0) is 9.59 Å². The molecule has 1 unspecified atom stereocenters. The Hall–Kier alpha value is -1.12. The molecule has 1 atom stereocenters. The van der Waals surface area contributed by atoms with Gasteiger partial charge in [-0.05, 0) is 6.42 Å². The zero-order valence-corrected chi connectivity index (χ0v) is 8.33. The van der Waals surface area contributed by atoms with E-state index in [1.54, 1.807) is 11.1 Å². The molecule has 0 aromatic carbocycles. The molecule has 0 heterocycles. The Balaban J connectivity index is 2.91. The zero-order chi connectivity index (χ0) is 10.0. The number of Topliss-reactive ketones (excluding diaryl/α,β-unsaturated/α-hetero) is 2. The van der Waals surface area contributed by atoms with Crippen LogP contribution in [0.4, 0.5) is 0 Å². The van der Waals surface area contributed by atoms with Gasteiger partial charge in [-0.3, -0.25) is 9.59 Å². The molecule has 0 aromatic heterocycles. The van der Waals surface area contributed by atoms with Crippen molar-refractivity contribution < 1.29 is 9.59 Å². The number of carbonyl (C=O) groups is 2. The van der Waals surface area contributed by atoms with Crippen LogP contribution in [0.15, 0.2) is 11.8 Å². The van der Waals surface area contributed by atoms with Crippen LogP contribution >= 0.6 is 0 Å². The minimum Gasteiger partial charge on any atom is -0.383 e. The fraction of sp³-hybridized carbons (Fsp3) is 0.600. The number of rotatable bonds is 1. The zero-order valence-electron chi connectivity index (χ0n) is 8.33. The van der Waals surface area contributed by atoms with Crippen LogP contribution in [-0.4, -0.2) is 30.6 Å². The first-order chi connectivity index (χ1) is 6.02. The van der Waals surface area contributed by atoms with Crippen LogP contribution in [0, 0.1) is 5.92 Å². The molecule has 0 radical (unpaired) electrons. The lowest BCUT2D eigenvalue weighted by molar-refractivity contribution is -0.126. The van der Waals surface area contributed by atoms with E-state index in [0.29, 0.717) is 18.4 Å². The molecule has 0 spiro atoms. The van der Waals surface area contributed by atoms with Gasteiger partial charge >= 0.3 is 0 Å². The highest BCUT2D eigenvalue weighted by molar-refractivity contribution is 6.22. The quantitative estimate of drug-likeness (QED) is 0.447. The topological polar surface area (TPSA) is 37.4 Å². The summed E-state index contributed by atoms with van der Waals surface area (Å²) in [6, 6.07) is 0. The second kappa shape index (κ2) is 3.73. The molecule has 3 nitrogen and oxygen atoms in total. The monoisotopic (exact) mass is 181 g/mol. The third-order valence-electron chi connectivity index (χ3n) is 2.21. The van der Waals surface area contributed by atoms with E-state index in [1.165, 1.54) is 0 Å². The van der Waals surface area contributed by atoms with E-state index in [2.05, 4.69) is 0 Å². The van der Waals surface area contributed by atoms with Gasteiger partial charge < -0.3 is 4.90 Å². The Morgan fingerprint density at radius 3 is 2.54 bits per heavy atom. The Morgan fingerprint density at radius 2 is 2.00 bits per heavy atom. The van der Waals surface area contributed by atoms with Crippen LogP contribution in [0.1, 0.15) is 19.8 Å². The third kappa shape index (κ3) is 2.17. The van der Waals surface area contributed by atoms with Gasteiger partial charge in [0.2, 0.25) is 0 Å². The smallest absolute Gasteiger partial charge is 0.170 e. The highest BCUT2D eigenvalue weighted by atomic mass is 16.2. The number of hydrogen-bond donors (Lipinski definition) is 0. The number of ketones is 2. The lowest BCUT2D eigenvalue weighted by Gasteiger charge is -2.19. The summed E-state index contributed by atoms with van der Waals surface area (Å²) >= 11 is 0. The maximum atomic E-state index is 11.6. The van der Waals surface area contributed by atoms with Crippen molar-refractivity contribution in [1.82, 2.24) is 4.90 Å². The van der Waals surface area contributed by atoms with Gasteiger partial charge in [-0.1, -0.05) is 6.92 Å². The van der Waals surface area contributed by atoms with Crippen LogP contribution < -0.4 is 0 Å². The van der Waals surface area contributed by atoms with E-state index < -0.39 is 0 Å². The van der Waals surface area contributed by atoms with Crippen LogP contribution in [0.5, 0.6) is 0 Å². The molecular formula is C10H15NO2. The molecule has 3 heteroatoms. The van der Waals surface area contributed by atoms with Gasteiger partial charge in [-0.15, -0.1) is 0 Å². The molecule has 0 aliphatic heterocycles. The summed E-state index contributed by atoms with van der Waals surface area (Å²) in [6.07, 6.45) is 2.83. The highest BCUT2D eigenvalue weighted by Gasteiger charge is 2.28. The summed E-state index contributed by atoms with van der Waals surface area (Å²) in [6.45, 7) is 1.87. The largest absolute Gasteiger partial charge is 0.383 e. The average Bonchev–Trinajstić information content (AvgIpc) is 2.05. The molecule has 1 fully saturated rings. The van der Waals surface area contributed by atoms with E-state index in [4.69, 9.17) is 0 Å². The molecule has 0 amide bonds. The van der Waals surface area contributed by atoms with Crippen molar-refractivity contribution >= 4 is 11.6 Å². The molecule has 0 N–H and O–H groups in total. The maximum Gasteiger partial charge on any atom is 0.170 e. The standard InChI is InChI=1S/C10H15NO2/c1-7-4-5-9(12)8(10(7)13)6-11(2)3/h6-7H,4-5H2,1-3H3/b8-6+. The molecule has 0 bridgehead atoms. The first-order valence-corrected chi connectivity index (χ1v) is 4.48. The molecule has 1 aliphatic rings. The number of allylic oxidation sites excluding steroid dienone is 1. The van der Waals surface area contributed by atoms with E-state index in [9.17, 15) is 9.59 Å². The third-order valence-corrected chi connectivity index (χ3v) is 2.21. The second-order valence-electron chi connectivity index (χ2n) is 3.73. The minimum atomic E-state index is -0.0169. The average molecular weight is 181 g/mol. The maximum absolute atomic E-state index is 11.6. The lowest BCUT2D eigenvalue weighted by atomic mass is 9.85. The van der Waals surface area contributed by atoms with Crippen molar-refractivity contribution in [3.05, 3.63) is 11.8 Å². The van der Waals surface area contributed by atoms with Crippen molar-refractivity contribution in [2.45, 2.75) is 19.8 Å². The summed E-state index contributed by atoms with van der Waals surface area (Å²) in [5.41, 5.74) is 0.365. The summed E-state index contributed by atoms with van der Waals surface area (Å²) in [4.78, 5) is 24.7. The summed E-state index contributed by atoms with van der Waals surface area (Å²) in [5, 5.41) is 0. The molecule has 1 aliphatic carbocycles. The van der Waals surface area contributed by atoms with Crippen molar-refractivity contribution in [2.24, 2.45) is 5.92 Å². The Morgan fingerprint density at radius 1 is 1.38 bits per heavy atom. The van der Waals surface area contributed by atoms with Gasteiger partial charge in [0, 0.05) is 32.6 Å². The van der Waals surface area contributed by atoms with E-state index in [1.807, 2.05) is 21.0 Å². The predicted molar refractivity (Wildman–Crippen MR) is 50.2 cm³/mol. The fourth-order valence-electron chi connectivity index (χ4n) is 1.41. The van der Waals surface area contributed by atoms with Crippen molar-refractivity contribution in [3.63, 3.8) is 0 Å². The van der Waals surface area contributed by atoms with Crippen LogP contribution in [0.3, 0.4) is 0 Å². The van der Waals surface area contributed by atoms with E-state index >= 15 is 0 Å². The SMILES string of the molecule is CC1CCC(=O)/C(=C\N(C)C)C1=O. The molecule has 13 heavy (non-hydrogen) atoms. The predicted octanol–water partition coefficient (Wildman–Crippen LogP) is 1.00. The molecular weight excluding hydrogens is 166 g/mol. The normalized spacial score (nSPS) is 26.7. The number of hydrogen-bond acceptors (Lipinski definition) is 3. The first kappa shape index (κ1) is 9.96. The second-order valence-corrected chi connectivity index (χ2v) is 3.73. The van der Waals surface area contributed by atoms with Crippen LogP contribution in [0.2, 0.25) is 0 Å². The Kier molecular flexibility index (Phi) is 2.86. The lowest BCUT2D eigenvalue weighted by Crippen LogP contribution is -2.27. The van der Waals surface area contributed by atoms with Gasteiger partial charge in [0.25, 0.3) is 0 Å². The molecule has 1 rings (SSSR count). The van der Waals surface area contributed by atoms with Crippen molar-refractivity contribution in [2.75, 3.05) is 14.1 Å². The summed E-state index contributed by atoms with van der Waals surface area (Å²) in [5.74, 6) is -0.0225. The van der Waals surface area contributed by atoms with Gasteiger partial charge in [0.15, 0.2) is 11.6 Å². The fourth-order valence-corrected chi connectivity index (χ4v) is 1.41. The Labute approximate surface area is 78.4 Å². The highest BCUT2D eigenvalue weighted by Crippen LogP contribution is 2.21. The Bertz CT molecular complexity index is 266. The number of carbonyl (C=O) groups excluding carboxylic acids is 2. The summed E-state index contributed by atoms with van der Waals surface area (Å²) in [7, 11) is 3.62. The summed E-state index contributed by atoms with van der Waals surface area (Å²) < 4.78 is 0. The van der Waals surface area contributed by atoms with Gasteiger partial charge in [-0.2, -0.15) is 0 Å². The van der Waals surface area contributed by atoms with Crippen molar-refractivity contribution in [3.8, 4) is 0 Å². The van der Waals surface area contributed by atoms with Gasteiger partial charge in [0.05, 0.1) is 5.57 Å². The van der Waals surface area contributed by atoms with Gasteiger partial charge in [-0.25, -0.2) is 0 Å². The van der Waals surface area contributed by atoms with E-state index in [-0.39, 0.29) is 17.5 Å². The van der Waals surface area contributed by atoms with Gasteiger partial charge in [0.1, 0.15) is 0 Å². The minimum absolute atomic E-state index is 0.00361. The molecule has 72 valence electrons. The number of nitrogens with zero attached hydrogens (tertiary/aromatic N) is 1. The van der Waals surface area contributed by atoms with E-state index in [0.717, 1.165) is 0 Å². The molecule has 0 aromatic rings.